The van der Waals surface area contributed by atoms with Crippen LogP contribution in [-0.4, -0.2) is 54.6 Å². The molecule has 4 nitrogen and oxygen atoms in total. The number of ether oxygens (including phenoxy) is 1. The lowest BCUT2D eigenvalue weighted by molar-refractivity contribution is -0.163. The second kappa shape index (κ2) is 11.2. The van der Waals surface area contributed by atoms with Crippen LogP contribution < -0.4 is 5.32 Å². The third kappa shape index (κ3) is 5.57. The summed E-state index contributed by atoms with van der Waals surface area (Å²) in [4.78, 5) is 2.63. The van der Waals surface area contributed by atoms with Crippen molar-refractivity contribution in [2.45, 2.75) is 49.9 Å². The van der Waals surface area contributed by atoms with Crippen LogP contribution in [0.3, 0.4) is 0 Å². The van der Waals surface area contributed by atoms with E-state index in [1.165, 1.54) is 16.7 Å². The molecule has 2 N–H and O–H groups in total. The maximum absolute atomic E-state index is 10.8. The molecular formula is C31H36Cl2N2O2S. The molecule has 0 saturated carbocycles. The summed E-state index contributed by atoms with van der Waals surface area (Å²) in [5, 5.41) is 20.4. The van der Waals surface area contributed by atoms with Crippen LogP contribution in [0, 0.1) is 11.3 Å². The smallest absolute Gasteiger partial charge is 0.158 e. The Kier molecular flexibility index (Phi) is 7.89. The van der Waals surface area contributed by atoms with Crippen LogP contribution >= 0.6 is 34.5 Å². The lowest BCUT2D eigenvalue weighted by Gasteiger charge is -2.44. The van der Waals surface area contributed by atoms with Gasteiger partial charge in [-0.1, -0.05) is 59.6 Å². The van der Waals surface area contributed by atoms with Crippen molar-refractivity contribution < 1.29 is 9.84 Å². The van der Waals surface area contributed by atoms with E-state index in [0.29, 0.717) is 10.9 Å². The lowest BCUT2D eigenvalue weighted by atomic mass is 9.70. The number of nitrogens with one attached hydrogen (secondary N) is 1. The van der Waals surface area contributed by atoms with Crippen molar-refractivity contribution in [1.29, 1.82) is 0 Å². The number of halogens is 2. The first kappa shape index (κ1) is 26.8. The minimum atomic E-state index is -0.679. The zero-order valence-electron chi connectivity index (χ0n) is 21.6. The number of hydrogen-bond donors (Lipinski definition) is 2. The van der Waals surface area contributed by atoms with E-state index in [9.17, 15) is 5.11 Å². The van der Waals surface area contributed by atoms with Crippen LogP contribution in [0.4, 0.5) is 0 Å². The van der Waals surface area contributed by atoms with Gasteiger partial charge < -0.3 is 20.1 Å². The van der Waals surface area contributed by atoms with Crippen LogP contribution in [0.1, 0.15) is 41.9 Å². The summed E-state index contributed by atoms with van der Waals surface area (Å²) in [5.74, 6) is 0.584. The fourth-order valence-electron chi connectivity index (χ4n) is 7.16. The monoisotopic (exact) mass is 570 g/mol. The van der Waals surface area contributed by atoms with E-state index in [1.807, 2.05) is 18.2 Å². The van der Waals surface area contributed by atoms with Crippen LogP contribution in [0.5, 0.6) is 0 Å². The molecule has 3 aromatic rings. The van der Waals surface area contributed by atoms with Gasteiger partial charge in [0.1, 0.15) is 0 Å². The Labute approximate surface area is 239 Å². The molecule has 1 aromatic heterocycles. The predicted molar refractivity (Wildman–Crippen MR) is 156 cm³/mol. The Hall–Kier alpha value is -1.44. The topological polar surface area (TPSA) is 44.7 Å². The average Bonchev–Trinajstić information content (AvgIpc) is 3.64. The Balaban J connectivity index is 1.17. The van der Waals surface area contributed by atoms with E-state index in [1.54, 1.807) is 11.3 Å². The first-order chi connectivity index (χ1) is 18.4. The molecule has 0 radical (unpaired) electrons. The predicted octanol–water partition coefficient (Wildman–Crippen LogP) is 6.40. The summed E-state index contributed by atoms with van der Waals surface area (Å²) < 4.78 is 6.31. The standard InChI is InChI=1S/C31H36Cl2N2O2S/c32-26-7-6-23(28(33)15-26)16-30(20-34-18-27(30)24-8-13-38-19-24)21-35-11-9-31(10-12-35)17-25(29(36)37-31)14-22-4-2-1-3-5-22/h1-8,13,15,19,25,27,29,34,36H,9-12,14,16-18,20-21H2/t25?,27-,29?,30+/m1/s1. The highest BCUT2D eigenvalue weighted by atomic mass is 35.5. The fraction of sp³-hybridized carbons (Fsp3) is 0.484. The largest absolute Gasteiger partial charge is 0.368 e. The molecule has 2 unspecified atom stereocenters. The number of thiophene rings is 1. The summed E-state index contributed by atoms with van der Waals surface area (Å²) in [5.41, 5.74) is 3.69. The third-order valence-electron chi connectivity index (χ3n) is 9.12. The van der Waals surface area contributed by atoms with Gasteiger partial charge in [-0.15, -0.1) is 0 Å². The van der Waals surface area contributed by atoms with Crippen LogP contribution in [0.15, 0.2) is 65.4 Å². The quantitative estimate of drug-likeness (QED) is 0.345. The molecular weight excluding hydrogens is 535 g/mol. The maximum Gasteiger partial charge on any atom is 0.158 e. The van der Waals surface area contributed by atoms with Gasteiger partial charge in [-0.05, 0) is 77.8 Å². The SMILES string of the molecule is OC1OC2(CCN(C[C@]3(Cc4ccc(Cl)cc4Cl)CNC[C@@H]3c3ccsc3)CC2)CC1Cc1ccccc1. The van der Waals surface area contributed by atoms with Gasteiger partial charge in [0, 0.05) is 60.0 Å². The number of nitrogens with zero attached hydrogens (tertiary/aromatic N) is 1. The molecule has 6 rings (SSSR count). The maximum atomic E-state index is 10.8. The van der Waals surface area contributed by atoms with Gasteiger partial charge in [0.2, 0.25) is 0 Å². The number of rotatable bonds is 7. The third-order valence-corrected chi connectivity index (χ3v) is 10.4. The van der Waals surface area contributed by atoms with Crippen molar-refractivity contribution >= 4 is 34.5 Å². The zero-order chi connectivity index (χ0) is 26.2. The summed E-state index contributed by atoms with van der Waals surface area (Å²) in [6.45, 7) is 4.92. The summed E-state index contributed by atoms with van der Waals surface area (Å²) in [6, 6.07) is 18.7. The number of piperidine rings is 1. The Bertz CT molecular complexity index is 1220. The van der Waals surface area contributed by atoms with Gasteiger partial charge in [-0.2, -0.15) is 11.3 Å². The molecule has 1 spiro atoms. The zero-order valence-corrected chi connectivity index (χ0v) is 23.9. The lowest BCUT2D eigenvalue weighted by Crippen LogP contribution is -2.50. The normalized spacial score (nSPS) is 29.3. The second-order valence-corrected chi connectivity index (χ2v) is 13.3. The number of hydrogen-bond acceptors (Lipinski definition) is 5. The van der Waals surface area contributed by atoms with Gasteiger partial charge in [0.05, 0.1) is 5.60 Å². The van der Waals surface area contributed by atoms with Crippen LogP contribution in [-0.2, 0) is 17.6 Å². The van der Waals surface area contributed by atoms with Gasteiger partial charge in [0.15, 0.2) is 6.29 Å². The molecule has 4 atom stereocenters. The Morgan fingerprint density at radius 2 is 1.89 bits per heavy atom. The van der Waals surface area contributed by atoms with Crippen molar-refractivity contribution in [3.8, 4) is 0 Å². The van der Waals surface area contributed by atoms with E-state index in [2.05, 4.69) is 57.4 Å². The van der Waals surface area contributed by atoms with Crippen molar-refractivity contribution in [1.82, 2.24) is 10.2 Å². The van der Waals surface area contributed by atoms with E-state index < -0.39 is 6.29 Å². The molecule has 202 valence electrons. The average molecular weight is 572 g/mol. The van der Waals surface area contributed by atoms with E-state index in [0.717, 1.165) is 69.9 Å². The summed E-state index contributed by atoms with van der Waals surface area (Å²) in [7, 11) is 0. The van der Waals surface area contributed by atoms with Crippen molar-refractivity contribution in [2.24, 2.45) is 11.3 Å². The molecule has 0 aliphatic carbocycles. The van der Waals surface area contributed by atoms with Gasteiger partial charge in [-0.25, -0.2) is 0 Å². The second-order valence-electron chi connectivity index (χ2n) is 11.6. The van der Waals surface area contributed by atoms with Crippen LogP contribution in [0.25, 0.3) is 0 Å². The molecule has 4 heterocycles. The van der Waals surface area contributed by atoms with Crippen LogP contribution in [0.2, 0.25) is 10.0 Å². The molecule has 3 aliphatic heterocycles. The van der Waals surface area contributed by atoms with Crippen molar-refractivity contribution in [3.05, 3.63) is 92.1 Å². The molecule has 7 heteroatoms. The fourth-order valence-corrected chi connectivity index (χ4v) is 8.35. The number of likely N-dealkylation sites (tertiary alicyclic amines) is 1. The Morgan fingerprint density at radius 3 is 2.63 bits per heavy atom. The summed E-state index contributed by atoms with van der Waals surface area (Å²) in [6.07, 6.45) is 3.95. The number of aliphatic hydroxyl groups is 1. The molecule has 3 fully saturated rings. The number of aliphatic hydroxyl groups excluding tert-OH is 1. The molecule has 0 amide bonds. The van der Waals surface area contributed by atoms with Gasteiger partial charge in [0.25, 0.3) is 0 Å². The first-order valence-electron chi connectivity index (χ1n) is 13.7. The molecule has 3 saturated heterocycles. The highest BCUT2D eigenvalue weighted by molar-refractivity contribution is 7.08. The minimum Gasteiger partial charge on any atom is -0.368 e. The number of benzene rings is 2. The van der Waals surface area contributed by atoms with Crippen molar-refractivity contribution in [2.75, 3.05) is 32.7 Å². The van der Waals surface area contributed by atoms with E-state index in [-0.39, 0.29) is 16.9 Å². The molecule has 0 bridgehead atoms. The van der Waals surface area contributed by atoms with Crippen molar-refractivity contribution in [3.63, 3.8) is 0 Å². The molecule has 3 aliphatic rings. The minimum absolute atomic E-state index is 0.0366. The van der Waals surface area contributed by atoms with E-state index in [4.69, 9.17) is 27.9 Å². The van der Waals surface area contributed by atoms with Gasteiger partial charge >= 0.3 is 0 Å². The summed E-state index contributed by atoms with van der Waals surface area (Å²) >= 11 is 14.7. The highest BCUT2D eigenvalue weighted by Gasteiger charge is 2.50. The molecule has 38 heavy (non-hydrogen) atoms. The highest BCUT2D eigenvalue weighted by Crippen LogP contribution is 2.47. The first-order valence-corrected chi connectivity index (χ1v) is 15.4. The van der Waals surface area contributed by atoms with E-state index >= 15 is 0 Å². The Morgan fingerprint density at radius 1 is 1.08 bits per heavy atom. The molecule has 2 aromatic carbocycles. The van der Waals surface area contributed by atoms with Gasteiger partial charge in [-0.3, -0.25) is 0 Å².